The number of nitrogens with one attached hydrogen (secondary N) is 1. The molecule has 1 saturated heterocycles. The van der Waals surface area contributed by atoms with Crippen LogP contribution < -0.4 is 11.1 Å². The molecule has 37 heavy (non-hydrogen) atoms. The molecule has 0 saturated carbocycles. The predicted octanol–water partition coefficient (Wildman–Crippen LogP) is 0.904. The van der Waals surface area contributed by atoms with Gasteiger partial charge in [-0.25, -0.2) is 9.78 Å². The van der Waals surface area contributed by atoms with Gasteiger partial charge < -0.3 is 25.7 Å². The zero-order chi connectivity index (χ0) is 27.3. The number of thioether (sulfide) groups is 2. The SMILES string of the molecule is CC(C)(C)C(=O)OCOC(=O)C1=C(CSCC#N)CS[C@@H]2[C@H](NC(=O)/C(=N\O)c3csc(N)n3)C(=O)N12. The molecule has 2 amide bonds. The third-order valence-electron chi connectivity index (χ3n) is 5.04. The summed E-state index contributed by atoms with van der Waals surface area (Å²) in [6, 6.07) is 0.989. The lowest BCUT2D eigenvalue weighted by molar-refractivity contribution is -0.173. The first-order valence-corrected chi connectivity index (χ1v) is 13.8. The maximum atomic E-state index is 13.1. The number of rotatable bonds is 9. The molecule has 0 spiro atoms. The second kappa shape index (κ2) is 11.8. The summed E-state index contributed by atoms with van der Waals surface area (Å²) < 4.78 is 10.1. The second-order valence-electron chi connectivity index (χ2n) is 8.72. The van der Waals surface area contributed by atoms with Gasteiger partial charge in [0.25, 0.3) is 11.8 Å². The average Bonchev–Trinajstić information content (AvgIpc) is 3.27. The lowest BCUT2D eigenvalue weighted by atomic mass is 9.98. The highest BCUT2D eigenvalue weighted by Crippen LogP contribution is 2.41. The van der Waals surface area contributed by atoms with Crippen LogP contribution in [0.1, 0.15) is 26.5 Å². The van der Waals surface area contributed by atoms with Crippen molar-refractivity contribution in [3.8, 4) is 6.07 Å². The molecule has 0 aromatic carbocycles. The Hall–Kier alpha value is -3.29. The van der Waals surface area contributed by atoms with Gasteiger partial charge in [0.15, 0.2) is 10.8 Å². The Bertz CT molecular complexity index is 1200. The van der Waals surface area contributed by atoms with E-state index in [1.165, 1.54) is 33.8 Å². The van der Waals surface area contributed by atoms with Crippen molar-refractivity contribution in [2.24, 2.45) is 10.6 Å². The number of aromatic nitrogens is 1. The maximum absolute atomic E-state index is 13.1. The third kappa shape index (κ3) is 6.35. The van der Waals surface area contributed by atoms with Gasteiger partial charge >= 0.3 is 11.9 Å². The number of nitrogens with zero attached hydrogens (tertiary/aromatic N) is 4. The van der Waals surface area contributed by atoms with Crippen molar-refractivity contribution < 1.29 is 33.9 Å². The van der Waals surface area contributed by atoms with Gasteiger partial charge in [-0.1, -0.05) is 5.16 Å². The topological polar surface area (TPSA) is 197 Å². The molecular formula is C21H24N6O7S3. The van der Waals surface area contributed by atoms with E-state index in [1.807, 2.05) is 6.07 Å². The van der Waals surface area contributed by atoms with Gasteiger partial charge in [-0.15, -0.1) is 34.9 Å². The van der Waals surface area contributed by atoms with Crippen LogP contribution in [-0.4, -0.2) is 80.0 Å². The number of anilines is 1. The zero-order valence-corrected chi connectivity index (χ0v) is 22.5. The lowest BCUT2D eigenvalue weighted by Gasteiger charge is -2.49. The van der Waals surface area contributed by atoms with Crippen LogP contribution in [-0.2, 0) is 28.7 Å². The Morgan fingerprint density at radius 2 is 2.14 bits per heavy atom. The van der Waals surface area contributed by atoms with E-state index in [2.05, 4.69) is 15.5 Å². The Kier molecular flexibility index (Phi) is 9.05. The number of hydrogen-bond donors (Lipinski definition) is 3. The Morgan fingerprint density at radius 3 is 2.73 bits per heavy atom. The number of carbonyl (C=O) groups excluding carboxylic acids is 4. The minimum atomic E-state index is -1.01. The van der Waals surface area contributed by atoms with E-state index in [4.69, 9.17) is 20.5 Å². The van der Waals surface area contributed by atoms with Crippen LogP contribution in [0.2, 0.25) is 0 Å². The summed E-state index contributed by atoms with van der Waals surface area (Å²) in [4.78, 5) is 55.8. The number of amides is 2. The van der Waals surface area contributed by atoms with Crippen LogP contribution in [0.4, 0.5) is 5.13 Å². The molecule has 0 unspecified atom stereocenters. The number of nitrogen functional groups attached to an aromatic ring is 1. The number of nitrogens with two attached hydrogens (primary N) is 1. The van der Waals surface area contributed by atoms with Crippen LogP contribution in [0.15, 0.2) is 21.8 Å². The molecule has 1 fully saturated rings. The summed E-state index contributed by atoms with van der Waals surface area (Å²) in [5.41, 5.74) is 4.97. The van der Waals surface area contributed by atoms with Crippen LogP contribution in [0, 0.1) is 16.7 Å². The summed E-state index contributed by atoms with van der Waals surface area (Å²) in [6.07, 6.45) is 0. The lowest BCUT2D eigenvalue weighted by Crippen LogP contribution is -2.71. The van der Waals surface area contributed by atoms with Crippen LogP contribution in [0.3, 0.4) is 0 Å². The van der Waals surface area contributed by atoms with E-state index in [1.54, 1.807) is 20.8 Å². The largest absolute Gasteiger partial charge is 0.427 e. The van der Waals surface area contributed by atoms with Gasteiger partial charge in [0, 0.05) is 16.9 Å². The summed E-state index contributed by atoms with van der Waals surface area (Å²) in [5.74, 6) is -2.05. The summed E-state index contributed by atoms with van der Waals surface area (Å²) in [6.45, 7) is 4.31. The number of carbonyl (C=O) groups is 4. The number of oxime groups is 1. The van der Waals surface area contributed by atoms with Crippen molar-refractivity contribution >= 4 is 69.5 Å². The van der Waals surface area contributed by atoms with Crippen LogP contribution in [0.25, 0.3) is 0 Å². The minimum Gasteiger partial charge on any atom is -0.427 e. The molecule has 0 radical (unpaired) electrons. The number of fused-ring (bicyclic) bond motifs is 1. The highest BCUT2D eigenvalue weighted by Gasteiger charge is 2.54. The van der Waals surface area contributed by atoms with Gasteiger partial charge in [-0.2, -0.15) is 5.26 Å². The van der Waals surface area contributed by atoms with Crippen molar-refractivity contribution in [2.45, 2.75) is 32.2 Å². The van der Waals surface area contributed by atoms with Crippen LogP contribution >= 0.6 is 34.9 Å². The summed E-state index contributed by atoms with van der Waals surface area (Å²) >= 11 is 3.63. The zero-order valence-electron chi connectivity index (χ0n) is 20.0. The number of β-lactam (4-membered cyclic amide) rings is 1. The monoisotopic (exact) mass is 568 g/mol. The van der Waals surface area contributed by atoms with Crippen molar-refractivity contribution in [1.82, 2.24) is 15.2 Å². The first-order valence-electron chi connectivity index (χ1n) is 10.7. The molecule has 3 rings (SSSR count). The average molecular weight is 569 g/mol. The predicted molar refractivity (Wildman–Crippen MR) is 136 cm³/mol. The fourth-order valence-electron chi connectivity index (χ4n) is 3.24. The molecule has 0 bridgehead atoms. The number of ether oxygens (including phenoxy) is 2. The van der Waals surface area contributed by atoms with E-state index >= 15 is 0 Å². The Labute approximate surface area is 224 Å². The minimum absolute atomic E-state index is 0.0141. The van der Waals surface area contributed by atoms with Gasteiger partial charge in [-0.05, 0) is 26.3 Å². The normalized spacial score (nSPS) is 19.5. The van der Waals surface area contributed by atoms with Gasteiger partial charge in [0.2, 0.25) is 6.79 Å². The van der Waals surface area contributed by atoms with Gasteiger partial charge in [0.1, 0.15) is 22.8 Å². The molecule has 4 N–H and O–H groups in total. The number of thiazole rings is 1. The smallest absolute Gasteiger partial charge is 0.357 e. The molecule has 2 atom stereocenters. The van der Waals surface area contributed by atoms with Crippen molar-refractivity contribution in [2.75, 3.05) is 29.8 Å². The van der Waals surface area contributed by atoms with E-state index < -0.39 is 53.1 Å². The summed E-state index contributed by atoms with van der Waals surface area (Å²) in [5, 5.41) is 24.6. The molecule has 1 aromatic heterocycles. The van der Waals surface area contributed by atoms with E-state index in [0.717, 1.165) is 11.3 Å². The van der Waals surface area contributed by atoms with Gasteiger partial charge in [-0.3, -0.25) is 19.3 Å². The summed E-state index contributed by atoms with van der Waals surface area (Å²) in [7, 11) is 0. The molecule has 3 heterocycles. The van der Waals surface area contributed by atoms with E-state index in [-0.39, 0.29) is 22.3 Å². The molecule has 2 aliphatic heterocycles. The van der Waals surface area contributed by atoms with Crippen molar-refractivity contribution in [3.63, 3.8) is 0 Å². The highest BCUT2D eigenvalue weighted by molar-refractivity contribution is 8.01. The molecule has 1 aromatic rings. The molecule has 198 valence electrons. The number of nitriles is 1. The quantitative estimate of drug-likeness (QED) is 0.0725. The Balaban J connectivity index is 1.74. The van der Waals surface area contributed by atoms with Crippen LogP contribution in [0.5, 0.6) is 0 Å². The van der Waals surface area contributed by atoms with E-state index in [0.29, 0.717) is 17.1 Å². The van der Waals surface area contributed by atoms with Crippen molar-refractivity contribution in [3.05, 3.63) is 22.3 Å². The molecular weight excluding hydrogens is 544 g/mol. The van der Waals surface area contributed by atoms with E-state index in [9.17, 15) is 24.4 Å². The highest BCUT2D eigenvalue weighted by atomic mass is 32.2. The fraction of sp³-hybridized carbons (Fsp3) is 0.476. The standard InChI is InChI=1S/C21H24N6O7S3/c1-21(2,3)19(31)34-9-33-18(30)14-10(6-35-5-4-22)7-36-17-13(16(29)27(14)17)25-15(28)12(26-32)11-8-37-20(23)24-11/h8,13,17,32H,5-7,9H2,1-3H3,(H2,23,24)(H,25,28)/b26-12-/t13-,17-/m1/s1. The number of esters is 2. The first kappa shape index (κ1) is 28.3. The van der Waals surface area contributed by atoms with Gasteiger partial charge in [0.05, 0.1) is 17.2 Å². The molecule has 16 heteroatoms. The maximum Gasteiger partial charge on any atom is 0.357 e. The molecule has 2 aliphatic rings. The Morgan fingerprint density at radius 1 is 1.41 bits per heavy atom. The number of hydrogen-bond acceptors (Lipinski definition) is 14. The molecule has 13 nitrogen and oxygen atoms in total. The van der Waals surface area contributed by atoms with Crippen molar-refractivity contribution in [1.29, 1.82) is 5.26 Å². The fourth-order valence-corrected chi connectivity index (χ4v) is 5.94. The second-order valence-corrected chi connectivity index (χ2v) is 11.7. The molecule has 0 aliphatic carbocycles. The first-order chi connectivity index (χ1) is 17.5. The third-order valence-corrected chi connectivity index (χ3v) is 7.94.